The fourth-order valence-electron chi connectivity index (χ4n) is 1.39. The van der Waals surface area contributed by atoms with E-state index in [2.05, 4.69) is 15.9 Å². The second-order valence-corrected chi connectivity index (χ2v) is 4.06. The minimum absolute atomic E-state index is 0.0809. The molecular weight excluding hydrogens is 308 g/mol. The summed E-state index contributed by atoms with van der Waals surface area (Å²) >= 11 is 2.99. The molecule has 0 aliphatic heterocycles. The largest absolute Gasteiger partial charge is 0.299 e. The van der Waals surface area contributed by atoms with Crippen LogP contribution in [0.5, 0.6) is 0 Å². The fourth-order valence-corrected chi connectivity index (χ4v) is 1.67. The molecule has 8 heteroatoms. The Balaban J connectivity index is 3.00. The third-order valence-electron chi connectivity index (χ3n) is 2.30. The van der Waals surface area contributed by atoms with Crippen LogP contribution in [-0.2, 0) is 11.2 Å². The van der Waals surface area contributed by atoms with Crippen LogP contribution in [0.1, 0.15) is 12.0 Å². The van der Waals surface area contributed by atoms with E-state index in [0.717, 1.165) is 6.07 Å². The molecule has 0 radical (unpaired) electrons. The van der Waals surface area contributed by atoms with Gasteiger partial charge in [0.05, 0.1) is 21.2 Å². The number of nitro groups is 2. The van der Waals surface area contributed by atoms with Gasteiger partial charge < -0.3 is 0 Å². The average molecular weight is 317 g/mol. The molecule has 0 saturated heterocycles. The molecule has 0 unspecified atom stereocenters. The molecule has 0 aromatic heterocycles. The van der Waals surface area contributed by atoms with Crippen LogP contribution in [0, 0.1) is 20.2 Å². The number of carbonyl (C=O) groups excluding carboxylic acids is 1. The minimum Gasteiger partial charge on any atom is -0.299 e. The van der Waals surface area contributed by atoms with Gasteiger partial charge in [0.15, 0.2) is 0 Å². The maximum atomic E-state index is 11.1. The van der Waals surface area contributed by atoms with E-state index in [9.17, 15) is 25.0 Å². The van der Waals surface area contributed by atoms with E-state index in [-0.39, 0.29) is 35.3 Å². The van der Waals surface area contributed by atoms with Crippen LogP contribution in [0.3, 0.4) is 0 Å². The molecule has 7 nitrogen and oxygen atoms in total. The molecule has 0 spiro atoms. The van der Waals surface area contributed by atoms with E-state index in [4.69, 9.17) is 0 Å². The summed E-state index contributed by atoms with van der Waals surface area (Å²) in [5.41, 5.74) is -0.344. The van der Waals surface area contributed by atoms with Crippen molar-refractivity contribution >= 4 is 33.1 Å². The van der Waals surface area contributed by atoms with Crippen molar-refractivity contribution in [3.05, 3.63) is 44.0 Å². The number of rotatable bonds is 6. The molecule has 0 atom stereocenters. The van der Waals surface area contributed by atoms with Gasteiger partial charge in [0.25, 0.3) is 11.4 Å². The zero-order chi connectivity index (χ0) is 13.7. The molecule has 1 aromatic carbocycles. The summed E-state index contributed by atoms with van der Waals surface area (Å²) in [4.78, 5) is 31.1. The van der Waals surface area contributed by atoms with Crippen molar-refractivity contribution in [2.24, 2.45) is 0 Å². The van der Waals surface area contributed by atoms with Crippen LogP contribution < -0.4 is 0 Å². The van der Waals surface area contributed by atoms with E-state index in [1.54, 1.807) is 0 Å². The summed E-state index contributed by atoms with van der Waals surface area (Å²) in [6.07, 6.45) is 0.350. The Bertz CT molecular complexity index is 503. The van der Waals surface area contributed by atoms with Crippen LogP contribution in [0.25, 0.3) is 0 Å². The van der Waals surface area contributed by atoms with Gasteiger partial charge >= 0.3 is 0 Å². The van der Waals surface area contributed by atoms with Crippen molar-refractivity contribution in [2.75, 3.05) is 5.33 Å². The predicted molar refractivity (Wildman–Crippen MR) is 66.9 cm³/mol. The number of carbonyl (C=O) groups is 1. The maximum absolute atomic E-state index is 11.1. The first kappa shape index (κ1) is 14.2. The van der Waals surface area contributed by atoms with Gasteiger partial charge in [0, 0.05) is 18.1 Å². The number of alkyl halides is 1. The Morgan fingerprint density at radius 3 is 2.39 bits per heavy atom. The molecule has 0 fully saturated rings. The van der Waals surface area contributed by atoms with E-state index < -0.39 is 9.85 Å². The number of non-ortho nitro benzene ring substituents is 1. The lowest BCUT2D eigenvalue weighted by Crippen LogP contribution is -2.03. The van der Waals surface area contributed by atoms with E-state index >= 15 is 0 Å². The Labute approximate surface area is 110 Å². The van der Waals surface area contributed by atoms with Gasteiger partial charge in [-0.1, -0.05) is 15.9 Å². The number of benzene rings is 1. The Morgan fingerprint density at radius 1 is 1.22 bits per heavy atom. The Morgan fingerprint density at radius 2 is 1.89 bits per heavy atom. The van der Waals surface area contributed by atoms with Gasteiger partial charge in [-0.2, -0.15) is 0 Å². The number of hydrogen-bond acceptors (Lipinski definition) is 5. The first-order chi connectivity index (χ1) is 8.45. The number of ketones is 1. The Hall–Kier alpha value is -1.83. The highest BCUT2D eigenvalue weighted by Crippen LogP contribution is 2.25. The highest BCUT2D eigenvalue weighted by Gasteiger charge is 2.19. The van der Waals surface area contributed by atoms with Crippen molar-refractivity contribution < 1.29 is 14.6 Å². The first-order valence-electron chi connectivity index (χ1n) is 4.95. The molecule has 0 aliphatic rings. The zero-order valence-corrected chi connectivity index (χ0v) is 10.8. The number of halogens is 1. The summed E-state index contributed by atoms with van der Waals surface area (Å²) < 4.78 is 0. The summed E-state index contributed by atoms with van der Waals surface area (Å²) in [5.74, 6) is -0.0809. The van der Waals surface area contributed by atoms with Gasteiger partial charge in [0.1, 0.15) is 5.78 Å². The second kappa shape index (κ2) is 6.20. The number of hydrogen-bond donors (Lipinski definition) is 0. The SMILES string of the molecule is O=C(CBr)CCc1ccc([N+](=O)[O-])cc1[N+](=O)[O-]. The molecular formula is C10H9BrN2O5. The Kier molecular flexibility index (Phi) is 4.90. The van der Waals surface area contributed by atoms with Crippen molar-refractivity contribution in [3.8, 4) is 0 Å². The molecule has 96 valence electrons. The van der Waals surface area contributed by atoms with Gasteiger partial charge in [-0.05, 0) is 12.5 Å². The lowest BCUT2D eigenvalue weighted by Gasteiger charge is -2.01. The van der Waals surface area contributed by atoms with Crippen LogP contribution in [0.2, 0.25) is 0 Å². The van der Waals surface area contributed by atoms with E-state index in [0.29, 0.717) is 5.56 Å². The standard InChI is InChI=1S/C10H9BrN2O5/c11-6-9(14)4-2-7-1-3-8(12(15)16)5-10(7)13(17)18/h1,3,5H,2,4,6H2. The average Bonchev–Trinajstić information content (AvgIpc) is 2.35. The zero-order valence-electron chi connectivity index (χ0n) is 9.17. The van der Waals surface area contributed by atoms with Gasteiger partial charge in [-0.25, -0.2) is 0 Å². The maximum Gasteiger partial charge on any atom is 0.279 e. The highest BCUT2D eigenvalue weighted by molar-refractivity contribution is 9.09. The predicted octanol–water partition coefficient (Wildman–Crippen LogP) is 2.40. The molecule has 0 bridgehead atoms. The van der Waals surface area contributed by atoms with Crippen molar-refractivity contribution in [3.63, 3.8) is 0 Å². The van der Waals surface area contributed by atoms with Gasteiger partial charge in [-0.15, -0.1) is 0 Å². The second-order valence-electron chi connectivity index (χ2n) is 3.50. The van der Waals surface area contributed by atoms with Crippen LogP contribution in [-0.4, -0.2) is 21.0 Å². The van der Waals surface area contributed by atoms with Crippen LogP contribution >= 0.6 is 15.9 Å². The minimum atomic E-state index is -0.694. The smallest absolute Gasteiger partial charge is 0.279 e. The summed E-state index contributed by atoms with van der Waals surface area (Å²) in [5, 5.41) is 21.5. The van der Waals surface area contributed by atoms with E-state index in [1.807, 2.05) is 0 Å². The van der Waals surface area contributed by atoms with Crippen molar-refractivity contribution in [2.45, 2.75) is 12.8 Å². The van der Waals surface area contributed by atoms with Crippen molar-refractivity contribution in [1.82, 2.24) is 0 Å². The molecule has 0 aliphatic carbocycles. The monoisotopic (exact) mass is 316 g/mol. The lowest BCUT2D eigenvalue weighted by molar-refractivity contribution is -0.394. The van der Waals surface area contributed by atoms with Gasteiger partial charge in [-0.3, -0.25) is 25.0 Å². The number of Topliss-reactive ketones (excluding diaryl/α,β-unsaturated/α-hetero) is 1. The first-order valence-corrected chi connectivity index (χ1v) is 6.07. The molecule has 0 saturated carbocycles. The lowest BCUT2D eigenvalue weighted by atomic mass is 10.1. The molecule has 0 amide bonds. The van der Waals surface area contributed by atoms with Crippen LogP contribution in [0.15, 0.2) is 18.2 Å². The van der Waals surface area contributed by atoms with Crippen molar-refractivity contribution in [1.29, 1.82) is 0 Å². The quantitative estimate of drug-likeness (QED) is 0.455. The molecule has 1 rings (SSSR count). The van der Waals surface area contributed by atoms with Gasteiger partial charge in [0.2, 0.25) is 0 Å². The summed E-state index contributed by atoms with van der Waals surface area (Å²) in [6.45, 7) is 0. The highest BCUT2D eigenvalue weighted by atomic mass is 79.9. The topological polar surface area (TPSA) is 103 Å². The summed E-state index contributed by atoms with van der Waals surface area (Å²) in [7, 11) is 0. The van der Waals surface area contributed by atoms with E-state index in [1.165, 1.54) is 12.1 Å². The normalized spacial score (nSPS) is 10.1. The number of nitrogens with zero attached hydrogens (tertiary/aromatic N) is 2. The number of aryl methyl sites for hydroxylation is 1. The molecule has 1 aromatic rings. The third kappa shape index (κ3) is 3.59. The number of nitro benzene ring substituents is 2. The molecule has 0 heterocycles. The third-order valence-corrected chi connectivity index (χ3v) is 2.92. The molecule has 0 N–H and O–H groups in total. The summed E-state index contributed by atoms with van der Waals surface area (Å²) in [6, 6.07) is 3.42. The molecule has 18 heavy (non-hydrogen) atoms. The fraction of sp³-hybridized carbons (Fsp3) is 0.300. The van der Waals surface area contributed by atoms with Crippen LogP contribution in [0.4, 0.5) is 11.4 Å².